The van der Waals surface area contributed by atoms with E-state index in [1.807, 2.05) is 24.3 Å². The normalized spacial score (nSPS) is 10.7. The molecule has 130 valence electrons. The highest BCUT2D eigenvalue weighted by Crippen LogP contribution is 2.21. The summed E-state index contributed by atoms with van der Waals surface area (Å²) in [5.74, 6) is -0.255. The lowest BCUT2D eigenvalue weighted by atomic mass is 10.2. The van der Waals surface area contributed by atoms with Crippen LogP contribution in [0.3, 0.4) is 0 Å². The zero-order valence-electron chi connectivity index (χ0n) is 14.0. The topological polar surface area (TPSA) is 54.5 Å². The molecule has 0 aliphatic carbocycles. The van der Waals surface area contributed by atoms with Gasteiger partial charge in [0.15, 0.2) is 11.6 Å². The first-order valence-corrected chi connectivity index (χ1v) is 8.54. The highest BCUT2D eigenvalue weighted by molar-refractivity contribution is 7.18. The predicted octanol–water partition coefficient (Wildman–Crippen LogP) is 3.79. The van der Waals surface area contributed by atoms with Crippen LogP contribution in [0.15, 0.2) is 42.5 Å². The lowest BCUT2D eigenvalue weighted by molar-refractivity contribution is 0.206. The van der Waals surface area contributed by atoms with E-state index in [-0.39, 0.29) is 11.8 Å². The summed E-state index contributed by atoms with van der Waals surface area (Å²) in [7, 11) is 3.08. The number of ether oxygens (including phenoxy) is 1. The highest BCUT2D eigenvalue weighted by Gasteiger charge is 2.12. The Balaban J connectivity index is 1.57. The molecule has 3 rings (SSSR count). The molecule has 1 heterocycles. The fraction of sp³-hybridized carbons (Fsp3) is 0.222. The van der Waals surface area contributed by atoms with Gasteiger partial charge >= 0.3 is 6.03 Å². The molecule has 0 bridgehead atoms. The number of fused-ring (bicyclic) bond motifs is 1. The van der Waals surface area contributed by atoms with Crippen molar-refractivity contribution in [2.24, 2.45) is 0 Å². The molecule has 0 radical (unpaired) electrons. The van der Waals surface area contributed by atoms with Crippen molar-refractivity contribution in [1.29, 1.82) is 0 Å². The molecule has 1 N–H and O–H groups in total. The first kappa shape index (κ1) is 17.2. The van der Waals surface area contributed by atoms with E-state index in [1.54, 1.807) is 30.5 Å². The highest BCUT2D eigenvalue weighted by atomic mass is 32.1. The molecule has 5 nitrogen and oxygen atoms in total. The van der Waals surface area contributed by atoms with Gasteiger partial charge in [0.05, 0.1) is 23.9 Å². The Morgan fingerprint density at radius 3 is 2.84 bits per heavy atom. The molecule has 2 aromatic carbocycles. The third-order valence-electron chi connectivity index (χ3n) is 3.71. The number of para-hydroxylation sites is 1. The minimum atomic E-state index is -0.441. The third-order valence-corrected chi connectivity index (χ3v) is 4.75. The van der Waals surface area contributed by atoms with Crippen LogP contribution in [-0.2, 0) is 13.1 Å². The maximum atomic E-state index is 13.7. The molecule has 0 aliphatic heterocycles. The number of benzene rings is 2. The summed E-state index contributed by atoms with van der Waals surface area (Å²) >= 11 is 1.55. The van der Waals surface area contributed by atoms with E-state index in [0.29, 0.717) is 18.7 Å². The molecule has 3 aromatic rings. The molecule has 25 heavy (non-hydrogen) atoms. The number of urea groups is 1. The summed E-state index contributed by atoms with van der Waals surface area (Å²) in [4.78, 5) is 18.2. The van der Waals surface area contributed by atoms with E-state index in [1.165, 1.54) is 18.1 Å². The fourth-order valence-electron chi connectivity index (χ4n) is 2.44. The monoisotopic (exact) mass is 359 g/mol. The number of nitrogens with one attached hydrogen (secondary N) is 1. The summed E-state index contributed by atoms with van der Waals surface area (Å²) in [6.07, 6.45) is 0. The first-order valence-electron chi connectivity index (χ1n) is 7.72. The summed E-state index contributed by atoms with van der Waals surface area (Å²) in [5, 5.41) is 3.68. The Bertz CT molecular complexity index is 864. The molecule has 0 saturated carbocycles. The number of hydrogen-bond donors (Lipinski definition) is 1. The molecule has 7 heteroatoms. The summed E-state index contributed by atoms with van der Waals surface area (Å²) < 4.78 is 19.7. The van der Waals surface area contributed by atoms with E-state index >= 15 is 0 Å². The standard InChI is InChI=1S/C18H18FN3O2S/c1-22(11-12-7-8-15(24-2)13(19)9-12)18(23)20-10-17-21-14-5-3-4-6-16(14)25-17/h3-9H,10-11H2,1-2H3,(H,20,23). The van der Waals surface area contributed by atoms with Gasteiger partial charge in [-0.15, -0.1) is 11.3 Å². The Labute approximate surface area is 149 Å². The van der Waals surface area contributed by atoms with Crippen LogP contribution in [0.4, 0.5) is 9.18 Å². The Morgan fingerprint density at radius 1 is 1.32 bits per heavy atom. The second kappa shape index (κ2) is 7.48. The number of halogens is 1. The van der Waals surface area contributed by atoms with Gasteiger partial charge in [0.2, 0.25) is 0 Å². The van der Waals surface area contributed by atoms with E-state index < -0.39 is 5.82 Å². The summed E-state index contributed by atoms with van der Waals surface area (Å²) in [6, 6.07) is 12.3. The maximum absolute atomic E-state index is 13.7. The minimum absolute atomic E-state index is 0.187. The molecule has 0 atom stereocenters. The van der Waals surface area contributed by atoms with Crippen LogP contribution in [-0.4, -0.2) is 30.1 Å². The van der Waals surface area contributed by atoms with Crippen molar-refractivity contribution >= 4 is 27.6 Å². The number of nitrogens with zero attached hydrogens (tertiary/aromatic N) is 2. The van der Waals surface area contributed by atoms with Crippen molar-refractivity contribution in [2.45, 2.75) is 13.1 Å². The number of amides is 2. The Kier molecular flexibility index (Phi) is 5.14. The van der Waals surface area contributed by atoms with Crippen LogP contribution in [0, 0.1) is 5.82 Å². The second-order valence-corrected chi connectivity index (χ2v) is 6.67. The quantitative estimate of drug-likeness (QED) is 0.754. The van der Waals surface area contributed by atoms with Crippen molar-refractivity contribution in [1.82, 2.24) is 15.2 Å². The van der Waals surface area contributed by atoms with Crippen molar-refractivity contribution in [3.8, 4) is 5.75 Å². The van der Waals surface area contributed by atoms with Crippen LogP contribution >= 0.6 is 11.3 Å². The largest absolute Gasteiger partial charge is 0.494 e. The van der Waals surface area contributed by atoms with Crippen molar-refractivity contribution in [3.05, 3.63) is 58.9 Å². The molecule has 0 spiro atoms. The SMILES string of the molecule is COc1ccc(CN(C)C(=O)NCc2nc3ccccc3s2)cc1F. The van der Waals surface area contributed by atoms with Crippen LogP contribution in [0.2, 0.25) is 0 Å². The first-order chi connectivity index (χ1) is 12.1. The van der Waals surface area contributed by atoms with E-state index in [4.69, 9.17) is 4.74 Å². The van der Waals surface area contributed by atoms with Crippen LogP contribution < -0.4 is 10.1 Å². The van der Waals surface area contributed by atoms with E-state index in [2.05, 4.69) is 10.3 Å². The zero-order chi connectivity index (χ0) is 17.8. The molecular formula is C18H18FN3O2S. The Hall–Kier alpha value is -2.67. The maximum Gasteiger partial charge on any atom is 0.317 e. The van der Waals surface area contributed by atoms with Crippen LogP contribution in [0.1, 0.15) is 10.6 Å². The van der Waals surface area contributed by atoms with Gasteiger partial charge in [-0.1, -0.05) is 18.2 Å². The Morgan fingerprint density at radius 2 is 2.12 bits per heavy atom. The minimum Gasteiger partial charge on any atom is -0.494 e. The molecule has 0 aliphatic rings. The van der Waals surface area contributed by atoms with Crippen molar-refractivity contribution in [3.63, 3.8) is 0 Å². The molecule has 2 amide bonds. The van der Waals surface area contributed by atoms with Gasteiger partial charge in [0.1, 0.15) is 5.01 Å². The second-order valence-electron chi connectivity index (χ2n) is 5.56. The average Bonchev–Trinajstić information content (AvgIpc) is 3.02. The van der Waals surface area contributed by atoms with Crippen molar-refractivity contribution < 1.29 is 13.9 Å². The van der Waals surface area contributed by atoms with Gasteiger partial charge in [0, 0.05) is 13.6 Å². The lowest BCUT2D eigenvalue weighted by Crippen LogP contribution is -2.36. The van der Waals surface area contributed by atoms with Crippen molar-refractivity contribution in [2.75, 3.05) is 14.2 Å². The smallest absolute Gasteiger partial charge is 0.317 e. The third kappa shape index (κ3) is 4.06. The summed E-state index contributed by atoms with van der Waals surface area (Å²) in [6.45, 7) is 0.659. The van der Waals surface area contributed by atoms with Gasteiger partial charge in [0.25, 0.3) is 0 Å². The average molecular weight is 359 g/mol. The van der Waals surface area contributed by atoms with Gasteiger partial charge in [-0.3, -0.25) is 0 Å². The van der Waals surface area contributed by atoms with E-state index in [0.717, 1.165) is 15.2 Å². The molecule has 1 aromatic heterocycles. The fourth-order valence-corrected chi connectivity index (χ4v) is 3.34. The number of hydrogen-bond acceptors (Lipinski definition) is 4. The van der Waals surface area contributed by atoms with Gasteiger partial charge in [-0.05, 0) is 29.8 Å². The molecular weight excluding hydrogens is 341 g/mol. The number of thiazole rings is 1. The number of methoxy groups -OCH3 is 1. The molecule has 0 unspecified atom stereocenters. The zero-order valence-corrected chi connectivity index (χ0v) is 14.8. The number of carbonyl (C=O) groups excluding carboxylic acids is 1. The molecule has 0 fully saturated rings. The number of aromatic nitrogens is 1. The van der Waals surface area contributed by atoms with Crippen LogP contribution in [0.25, 0.3) is 10.2 Å². The van der Waals surface area contributed by atoms with Crippen LogP contribution in [0.5, 0.6) is 5.75 Å². The van der Waals surface area contributed by atoms with E-state index in [9.17, 15) is 9.18 Å². The predicted molar refractivity (Wildman–Crippen MR) is 96.3 cm³/mol. The molecule has 0 saturated heterocycles. The van der Waals surface area contributed by atoms with Gasteiger partial charge in [-0.2, -0.15) is 0 Å². The summed E-state index contributed by atoms with van der Waals surface area (Å²) in [5.41, 5.74) is 1.62. The number of carbonyl (C=O) groups is 1. The van der Waals surface area contributed by atoms with Gasteiger partial charge < -0.3 is 15.0 Å². The lowest BCUT2D eigenvalue weighted by Gasteiger charge is -2.18. The number of rotatable bonds is 5. The van der Waals surface area contributed by atoms with Gasteiger partial charge in [-0.25, -0.2) is 14.2 Å².